The molecule has 0 spiro atoms. The Balaban J connectivity index is 2.77. The highest BCUT2D eigenvalue weighted by Gasteiger charge is 2.10. The lowest BCUT2D eigenvalue weighted by Crippen LogP contribution is -2.29. The van der Waals surface area contributed by atoms with Crippen LogP contribution >= 0.6 is 0 Å². The van der Waals surface area contributed by atoms with Crippen LogP contribution in [0.1, 0.15) is 5.56 Å². The van der Waals surface area contributed by atoms with Gasteiger partial charge in [-0.1, -0.05) is 30.3 Å². The molecule has 0 amide bonds. The van der Waals surface area contributed by atoms with E-state index in [4.69, 9.17) is 16.2 Å². The van der Waals surface area contributed by atoms with Crippen LogP contribution in [0.15, 0.2) is 35.4 Å². The molecule has 6 nitrogen and oxygen atoms in total. The average Bonchev–Trinajstić information content (AvgIpc) is 2.25. The van der Waals surface area contributed by atoms with E-state index in [-0.39, 0.29) is 12.1 Å². The maximum Gasteiger partial charge on any atom is 0.352 e. The Morgan fingerprint density at radius 1 is 1.44 bits per heavy atom. The highest BCUT2D eigenvalue weighted by Crippen LogP contribution is 2.01. The van der Waals surface area contributed by atoms with Crippen molar-refractivity contribution in [3.8, 4) is 0 Å². The maximum absolute atomic E-state index is 10.8. The van der Waals surface area contributed by atoms with E-state index in [0.29, 0.717) is 0 Å². The summed E-state index contributed by atoms with van der Waals surface area (Å²) in [6, 6.07) is 9.06. The van der Waals surface area contributed by atoms with Crippen LogP contribution in [0.25, 0.3) is 0 Å². The summed E-state index contributed by atoms with van der Waals surface area (Å²) in [5.41, 5.74) is 7.85. The second-order valence-electron chi connectivity index (χ2n) is 3.05. The van der Waals surface area contributed by atoms with E-state index < -0.39 is 11.9 Å². The third-order valence-electron chi connectivity index (χ3n) is 1.77. The van der Waals surface area contributed by atoms with E-state index in [1.54, 1.807) is 12.1 Å². The Morgan fingerprint density at radius 2 is 2.06 bits per heavy atom. The first-order valence-corrected chi connectivity index (χ1v) is 4.53. The SMILES string of the molecule is N=C(N)N/N=C(\Cc1ccccc1)C(=O)O. The molecule has 1 aromatic carbocycles. The molecule has 0 aliphatic rings. The minimum atomic E-state index is -1.14. The Hall–Kier alpha value is -2.37. The van der Waals surface area contributed by atoms with Crippen molar-refractivity contribution in [3.63, 3.8) is 0 Å². The number of aliphatic carboxylic acids is 1. The predicted octanol–water partition coefficient (Wildman–Crippen LogP) is 0.153. The van der Waals surface area contributed by atoms with Gasteiger partial charge in [0.1, 0.15) is 5.71 Å². The van der Waals surface area contributed by atoms with Crippen molar-refractivity contribution < 1.29 is 9.90 Å². The highest BCUT2D eigenvalue weighted by molar-refractivity contribution is 6.36. The standard InChI is InChI=1S/C10H12N4O2/c11-10(12)14-13-8(9(15)16)6-7-4-2-1-3-5-7/h1-5H,6H2,(H,15,16)(H4,11,12,14)/b13-8+. The van der Waals surface area contributed by atoms with Gasteiger partial charge in [-0.25, -0.2) is 10.2 Å². The first kappa shape index (κ1) is 11.7. The van der Waals surface area contributed by atoms with E-state index in [1.807, 2.05) is 18.2 Å². The summed E-state index contributed by atoms with van der Waals surface area (Å²) in [4.78, 5) is 10.8. The molecule has 0 saturated carbocycles. The minimum absolute atomic E-state index is 0.0959. The lowest BCUT2D eigenvalue weighted by Gasteiger charge is -2.02. The molecule has 0 aliphatic carbocycles. The molecule has 0 unspecified atom stereocenters. The molecule has 1 rings (SSSR count). The lowest BCUT2D eigenvalue weighted by molar-refractivity contribution is -0.129. The zero-order chi connectivity index (χ0) is 12.0. The van der Waals surface area contributed by atoms with Gasteiger partial charge in [-0.3, -0.25) is 5.41 Å². The predicted molar refractivity (Wildman–Crippen MR) is 60.3 cm³/mol. The quantitative estimate of drug-likeness (QED) is 0.329. The van der Waals surface area contributed by atoms with E-state index in [2.05, 4.69) is 10.5 Å². The number of nitrogens with one attached hydrogen (secondary N) is 2. The Morgan fingerprint density at radius 3 is 2.56 bits per heavy atom. The summed E-state index contributed by atoms with van der Waals surface area (Å²) in [5, 5.41) is 19.3. The number of carboxylic acid groups (broad SMARTS) is 1. The van der Waals surface area contributed by atoms with Crippen LogP contribution in [0.3, 0.4) is 0 Å². The highest BCUT2D eigenvalue weighted by atomic mass is 16.4. The second kappa shape index (κ2) is 5.50. The van der Waals surface area contributed by atoms with Crippen molar-refractivity contribution >= 4 is 17.6 Å². The molecule has 84 valence electrons. The van der Waals surface area contributed by atoms with Gasteiger partial charge < -0.3 is 10.8 Å². The number of carbonyl (C=O) groups is 1. The average molecular weight is 220 g/mol. The van der Waals surface area contributed by atoms with Crippen molar-refractivity contribution in [1.29, 1.82) is 5.41 Å². The van der Waals surface area contributed by atoms with Gasteiger partial charge in [0.2, 0.25) is 5.96 Å². The lowest BCUT2D eigenvalue weighted by atomic mass is 10.1. The molecule has 6 heteroatoms. The fourth-order valence-electron chi connectivity index (χ4n) is 1.08. The van der Waals surface area contributed by atoms with Gasteiger partial charge in [0.15, 0.2) is 0 Å². The third-order valence-corrected chi connectivity index (χ3v) is 1.77. The van der Waals surface area contributed by atoms with Crippen LogP contribution in [0, 0.1) is 5.41 Å². The zero-order valence-corrected chi connectivity index (χ0v) is 8.47. The van der Waals surface area contributed by atoms with Gasteiger partial charge in [0.25, 0.3) is 0 Å². The van der Waals surface area contributed by atoms with Crippen molar-refractivity contribution in [1.82, 2.24) is 5.43 Å². The molecule has 0 aromatic heterocycles. The molecular formula is C10H12N4O2. The maximum atomic E-state index is 10.8. The Labute approximate surface area is 92.3 Å². The second-order valence-corrected chi connectivity index (χ2v) is 3.05. The number of rotatable bonds is 4. The summed E-state index contributed by atoms with van der Waals surface area (Å²) >= 11 is 0. The van der Waals surface area contributed by atoms with Crippen molar-refractivity contribution in [2.45, 2.75) is 6.42 Å². The van der Waals surface area contributed by atoms with Crippen LogP contribution in [-0.4, -0.2) is 22.7 Å². The van der Waals surface area contributed by atoms with Crippen molar-refractivity contribution in [3.05, 3.63) is 35.9 Å². The van der Waals surface area contributed by atoms with Crippen LogP contribution in [0.2, 0.25) is 0 Å². The summed E-state index contributed by atoms with van der Waals surface area (Å²) < 4.78 is 0. The number of nitrogens with two attached hydrogens (primary N) is 1. The number of nitrogens with zero attached hydrogens (tertiary/aromatic N) is 1. The van der Waals surface area contributed by atoms with Crippen LogP contribution in [0.5, 0.6) is 0 Å². The topological polar surface area (TPSA) is 112 Å². The van der Waals surface area contributed by atoms with Gasteiger partial charge in [0, 0.05) is 6.42 Å². The van der Waals surface area contributed by atoms with Crippen LogP contribution in [-0.2, 0) is 11.2 Å². The fraction of sp³-hybridized carbons (Fsp3) is 0.100. The number of carboxylic acids is 1. The first-order valence-electron chi connectivity index (χ1n) is 4.53. The third kappa shape index (κ3) is 3.79. The number of hydrogen-bond acceptors (Lipinski definition) is 3. The molecule has 0 fully saturated rings. The Bertz CT molecular complexity index is 414. The number of guanidine groups is 1. The first-order chi connectivity index (χ1) is 7.59. The molecule has 16 heavy (non-hydrogen) atoms. The van der Waals surface area contributed by atoms with Gasteiger partial charge in [-0.2, -0.15) is 5.10 Å². The number of hydrogen-bond donors (Lipinski definition) is 4. The molecule has 0 heterocycles. The van der Waals surface area contributed by atoms with E-state index in [0.717, 1.165) is 5.56 Å². The Kier molecular flexibility index (Phi) is 4.02. The molecule has 0 aliphatic heterocycles. The van der Waals surface area contributed by atoms with Crippen molar-refractivity contribution in [2.75, 3.05) is 0 Å². The monoisotopic (exact) mass is 220 g/mol. The number of benzene rings is 1. The van der Waals surface area contributed by atoms with Gasteiger partial charge in [0.05, 0.1) is 0 Å². The summed E-state index contributed by atoms with van der Waals surface area (Å²) in [7, 11) is 0. The van der Waals surface area contributed by atoms with Crippen molar-refractivity contribution in [2.24, 2.45) is 10.8 Å². The van der Waals surface area contributed by atoms with E-state index in [1.165, 1.54) is 0 Å². The van der Waals surface area contributed by atoms with Gasteiger partial charge in [-0.05, 0) is 5.56 Å². The molecule has 5 N–H and O–H groups in total. The molecule has 0 bridgehead atoms. The van der Waals surface area contributed by atoms with Crippen LogP contribution in [0.4, 0.5) is 0 Å². The van der Waals surface area contributed by atoms with Crippen LogP contribution < -0.4 is 11.2 Å². The summed E-state index contributed by atoms with van der Waals surface area (Å²) in [5.74, 6) is -1.54. The molecular weight excluding hydrogens is 208 g/mol. The molecule has 0 atom stereocenters. The molecule has 0 saturated heterocycles. The summed E-state index contributed by atoms with van der Waals surface area (Å²) in [6.07, 6.45) is 0.177. The van der Waals surface area contributed by atoms with Gasteiger partial charge in [-0.15, -0.1) is 0 Å². The molecule has 0 radical (unpaired) electrons. The zero-order valence-electron chi connectivity index (χ0n) is 8.47. The smallest absolute Gasteiger partial charge is 0.352 e. The number of hydrazone groups is 1. The normalized spacial score (nSPS) is 10.9. The summed E-state index contributed by atoms with van der Waals surface area (Å²) in [6.45, 7) is 0. The van der Waals surface area contributed by atoms with E-state index >= 15 is 0 Å². The minimum Gasteiger partial charge on any atom is -0.477 e. The van der Waals surface area contributed by atoms with Gasteiger partial charge >= 0.3 is 5.97 Å². The molecule has 1 aromatic rings. The van der Waals surface area contributed by atoms with E-state index in [9.17, 15) is 4.79 Å². The fourth-order valence-corrected chi connectivity index (χ4v) is 1.08. The largest absolute Gasteiger partial charge is 0.477 e.